The van der Waals surface area contributed by atoms with Gasteiger partial charge in [-0.1, -0.05) is 6.07 Å². The summed E-state index contributed by atoms with van der Waals surface area (Å²) < 4.78 is 11.1. The van der Waals surface area contributed by atoms with Gasteiger partial charge in [0, 0.05) is 18.0 Å². The van der Waals surface area contributed by atoms with Crippen molar-refractivity contribution < 1.29 is 9.47 Å². The second kappa shape index (κ2) is 4.44. The van der Waals surface area contributed by atoms with Gasteiger partial charge in [-0.05, 0) is 37.6 Å². The van der Waals surface area contributed by atoms with E-state index in [4.69, 9.17) is 15.2 Å². The number of benzene rings is 1. The van der Waals surface area contributed by atoms with Crippen LogP contribution in [0.15, 0.2) is 18.2 Å². The Bertz CT molecular complexity index is 443. The van der Waals surface area contributed by atoms with E-state index in [1.54, 1.807) is 0 Å². The minimum atomic E-state index is 0.0702. The molecule has 0 radical (unpaired) electrons. The summed E-state index contributed by atoms with van der Waals surface area (Å²) in [4.78, 5) is 0. The summed E-state index contributed by atoms with van der Waals surface area (Å²) in [5.74, 6) is 1.66. The van der Waals surface area contributed by atoms with Gasteiger partial charge in [-0.15, -0.1) is 0 Å². The highest BCUT2D eigenvalue weighted by atomic mass is 16.6. The summed E-state index contributed by atoms with van der Waals surface area (Å²) in [6, 6.07) is 6.14. The Morgan fingerprint density at radius 2 is 2.00 bits per heavy atom. The van der Waals surface area contributed by atoms with Crippen LogP contribution >= 0.6 is 0 Å². The van der Waals surface area contributed by atoms with Crippen molar-refractivity contribution in [3.63, 3.8) is 0 Å². The molecule has 1 aromatic rings. The molecule has 0 saturated heterocycles. The smallest absolute Gasteiger partial charge is 0.161 e. The maximum atomic E-state index is 6.42. The Labute approximate surface area is 107 Å². The molecule has 1 saturated carbocycles. The van der Waals surface area contributed by atoms with Crippen molar-refractivity contribution in [2.45, 2.75) is 18.9 Å². The Morgan fingerprint density at radius 3 is 2.67 bits per heavy atom. The van der Waals surface area contributed by atoms with E-state index in [0.29, 0.717) is 13.2 Å². The van der Waals surface area contributed by atoms with Gasteiger partial charge in [0.15, 0.2) is 11.5 Å². The van der Waals surface area contributed by atoms with Crippen molar-refractivity contribution in [2.24, 2.45) is 11.1 Å². The number of hydrogen-bond acceptors (Lipinski definition) is 4. The molecule has 0 aromatic heterocycles. The van der Waals surface area contributed by atoms with E-state index in [2.05, 4.69) is 11.4 Å². The van der Waals surface area contributed by atoms with Crippen LogP contribution in [0.5, 0.6) is 11.5 Å². The first-order chi connectivity index (χ1) is 8.75. The molecule has 0 bridgehead atoms. The number of ether oxygens (including phenoxy) is 2. The summed E-state index contributed by atoms with van der Waals surface area (Å²) in [5, 5.41) is 3.25. The van der Waals surface area contributed by atoms with Crippen LogP contribution in [0.2, 0.25) is 0 Å². The van der Waals surface area contributed by atoms with Crippen LogP contribution in [0.3, 0.4) is 0 Å². The minimum absolute atomic E-state index is 0.0702. The molecular formula is C14H20N2O2. The minimum Gasteiger partial charge on any atom is -0.486 e. The predicted molar refractivity (Wildman–Crippen MR) is 70.0 cm³/mol. The van der Waals surface area contributed by atoms with Crippen LogP contribution in [0.1, 0.15) is 24.4 Å². The number of rotatable bonds is 4. The van der Waals surface area contributed by atoms with Crippen molar-refractivity contribution >= 4 is 0 Å². The van der Waals surface area contributed by atoms with Gasteiger partial charge >= 0.3 is 0 Å². The van der Waals surface area contributed by atoms with Gasteiger partial charge in [-0.25, -0.2) is 0 Å². The topological polar surface area (TPSA) is 56.5 Å². The molecule has 0 spiro atoms. The van der Waals surface area contributed by atoms with Crippen molar-refractivity contribution in [3.05, 3.63) is 23.8 Å². The number of nitrogens with one attached hydrogen (secondary N) is 1. The zero-order valence-corrected chi connectivity index (χ0v) is 10.7. The third-order valence-electron chi connectivity index (χ3n) is 4.01. The van der Waals surface area contributed by atoms with Gasteiger partial charge < -0.3 is 20.5 Å². The second-order valence-corrected chi connectivity index (χ2v) is 5.27. The lowest BCUT2D eigenvalue weighted by Gasteiger charge is -2.25. The van der Waals surface area contributed by atoms with Gasteiger partial charge in [-0.3, -0.25) is 0 Å². The van der Waals surface area contributed by atoms with Gasteiger partial charge in [0.05, 0.1) is 0 Å². The lowest BCUT2D eigenvalue weighted by Crippen LogP contribution is -2.31. The zero-order chi connectivity index (χ0) is 12.6. The van der Waals surface area contributed by atoms with Crippen molar-refractivity contribution in [1.82, 2.24) is 5.32 Å². The lowest BCUT2D eigenvalue weighted by atomic mass is 9.90. The van der Waals surface area contributed by atoms with E-state index in [0.717, 1.165) is 23.6 Å². The van der Waals surface area contributed by atoms with Crippen LogP contribution in [0.4, 0.5) is 0 Å². The van der Waals surface area contributed by atoms with Gasteiger partial charge in [0.25, 0.3) is 0 Å². The molecule has 18 heavy (non-hydrogen) atoms. The Hall–Kier alpha value is -1.26. The first kappa shape index (κ1) is 11.8. The summed E-state index contributed by atoms with van der Waals surface area (Å²) in [6.45, 7) is 2.22. The molecule has 1 aliphatic heterocycles. The van der Waals surface area contributed by atoms with Crippen molar-refractivity contribution in [2.75, 3.05) is 26.8 Å². The molecule has 0 amide bonds. The van der Waals surface area contributed by atoms with Crippen LogP contribution in [-0.4, -0.2) is 26.8 Å². The standard InChI is InChI=1S/C14H20N2O2/c1-16-9-14(4-5-14)13(15)10-2-3-11-12(8-10)18-7-6-17-11/h2-3,8,13,16H,4-7,9,15H2,1H3. The molecule has 1 aliphatic carbocycles. The van der Waals surface area contributed by atoms with Gasteiger partial charge in [-0.2, -0.15) is 0 Å². The average molecular weight is 248 g/mol. The Balaban J connectivity index is 1.84. The highest BCUT2D eigenvalue weighted by Gasteiger charge is 2.47. The maximum Gasteiger partial charge on any atom is 0.161 e. The summed E-state index contributed by atoms with van der Waals surface area (Å²) in [7, 11) is 1.98. The molecule has 1 aromatic carbocycles. The molecular weight excluding hydrogens is 228 g/mol. The monoisotopic (exact) mass is 248 g/mol. The van der Waals surface area contributed by atoms with Crippen LogP contribution in [0, 0.1) is 5.41 Å². The molecule has 2 aliphatic rings. The SMILES string of the molecule is CNCC1(C(N)c2ccc3c(c2)OCCO3)CC1. The Morgan fingerprint density at radius 1 is 1.28 bits per heavy atom. The fourth-order valence-corrected chi connectivity index (χ4v) is 2.72. The van der Waals surface area contributed by atoms with Crippen molar-refractivity contribution in [3.8, 4) is 11.5 Å². The summed E-state index contributed by atoms with van der Waals surface area (Å²) in [6.07, 6.45) is 2.40. The number of fused-ring (bicyclic) bond motifs is 1. The maximum absolute atomic E-state index is 6.42. The van der Waals surface area contributed by atoms with Crippen LogP contribution in [0.25, 0.3) is 0 Å². The van der Waals surface area contributed by atoms with Gasteiger partial charge in [0.1, 0.15) is 13.2 Å². The fraction of sp³-hybridized carbons (Fsp3) is 0.571. The van der Waals surface area contributed by atoms with E-state index < -0.39 is 0 Å². The van der Waals surface area contributed by atoms with E-state index in [9.17, 15) is 0 Å². The van der Waals surface area contributed by atoms with E-state index >= 15 is 0 Å². The molecule has 1 heterocycles. The third kappa shape index (κ3) is 1.95. The first-order valence-corrected chi connectivity index (χ1v) is 6.55. The van der Waals surface area contributed by atoms with E-state index in [1.807, 2.05) is 19.2 Å². The quantitative estimate of drug-likeness (QED) is 0.847. The Kier molecular flexibility index (Phi) is 2.92. The highest BCUT2D eigenvalue weighted by Crippen LogP contribution is 2.53. The first-order valence-electron chi connectivity index (χ1n) is 6.55. The van der Waals surface area contributed by atoms with Gasteiger partial charge in [0.2, 0.25) is 0 Å². The summed E-state index contributed by atoms with van der Waals surface area (Å²) in [5.41, 5.74) is 7.80. The molecule has 98 valence electrons. The zero-order valence-electron chi connectivity index (χ0n) is 10.7. The second-order valence-electron chi connectivity index (χ2n) is 5.27. The van der Waals surface area contributed by atoms with Crippen LogP contribution in [-0.2, 0) is 0 Å². The largest absolute Gasteiger partial charge is 0.486 e. The van der Waals surface area contributed by atoms with E-state index in [1.165, 1.54) is 12.8 Å². The van der Waals surface area contributed by atoms with E-state index in [-0.39, 0.29) is 11.5 Å². The average Bonchev–Trinajstić information content (AvgIpc) is 3.19. The number of hydrogen-bond donors (Lipinski definition) is 2. The molecule has 4 heteroatoms. The fourth-order valence-electron chi connectivity index (χ4n) is 2.72. The summed E-state index contributed by atoms with van der Waals surface area (Å²) >= 11 is 0. The molecule has 3 rings (SSSR count). The molecule has 1 atom stereocenters. The normalized spacial score (nSPS) is 21.4. The molecule has 1 unspecified atom stereocenters. The highest BCUT2D eigenvalue weighted by molar-refractivity contribution is 5.45. The molecule has 4 nitrogen and oxygen atoms in total. The van der Waals surface area contributed by atoms with Crippen LogP contribution < -0.4 is 20.5 Å². The predicted octanol–water partition coefficient (Wildman–Crippen LogP) is 1.46. The third-order valence-corrected chi connectivity index (χ3v) is 4.01. The molecule has 1 fully saturated rings. The lowest BCUT2D eigenvalue weighted by molar-refractivity contribution is 0.171. The van der Waals surface area contributed by atoms with Crippen molar-refractivity contribution in [1.29, 1.82) is 0 Å². The number of nitrogens with two attached hydrogens (primary N) is 1. The molecule has 3 N–H and O–H groups in total.